The molecule has 1 heteroatoms. The Morgan fingerprint density at radius 2 is 1.80 bits per heavy atom. The lowest BCUT2D eigenvalue weighted by Crippen LogP contribution is -2.17. The summed E-state index contributed by atoms with van der Waals surface area (Å²) in [5, 5.41) is 0. The molecule has 0 N–H and O–H groups in total. The van der Waals surface area contributed by atoms with Crippen LogP contribution in [0.4, 0.5) is 0 Å². The first-order valence-electron chi connectivity index (χ1n) is 5.31. The molecule has 0 heterocycles. The second-order valence-corrected chi connectivity index (χ2v) is 5.91. The first kappa shape index (κ1) is 12.5. The molecule has 0 amide bonds. The van der Waals surface area contributed by atoms with Gasteiger partial charge < -0.3 is 0 Å². The molecule has 0 radical (unpaired) electrons. The fourth-order valence-electron chi connectivity index (χ4n) is 1.85. The fourth-order valence-corrected chi connectivity index (χ4v) is 2.12. The molecule has 0 aliphatic heterocycles. The van der Waals surface area contributed by atoms with Crippen LogP contribution in [0.5, 0.6) is 0 Å². The van der Waals surface area contributed by atoms with Crippen LogP contribution in [0.2, 0.25) is 0 Å². The number of rotatable bonds is 3. The second-order valence-electron chi connectivity index (χ2n) is 4.99. The van der Waals surface area contributed by atoms with E-state index in [1.807, 2.05) is 6.08 Å². The third kappa shape index (κ3) is 3.49. The molecule has 15 heavy (non-hydrogen) atoms. The lowest BCUT2D eigenvalue weighted by Gasteiger charge is -2.30. The molecule has 1 unspecified atom stereocenters. The minimum Gasteiger partial charge on any atom is -0.103 e. The maximum Gasteiger partial charge on any atom is 0.0175 e. The van der Waals surface area contributed by atoms with Gasteiger partial charge in [0.1, 0.15) is 0 Å². The van der Waals surface area contributed by atoms with Gasteiger partial charge in [-0.05, 0) is 35.4 Å². The average Bonchev–Trinajstić information content (AvgIpc) is 2.14. The van der Waals surface area contributed by atoms with Crippen molar-refractivity contribution >= 4 is 15.9 Å². The molecule has 1 atom stereocenters. The van der Waals surface area contributed by atoms with Gasteiger partial charge in [0.25, 0.3) is 0 Å². The highest BCUT2D eigenvalue weighted by atomic mass is 79.9. The first-order chi connectivity index (χ1) is 6.95. The van der Waals surface area contributed by atoms with Crippen LogP contribution in [0.25, 0.3) is 0 Å². The van der Waals surface area contributed by atoms with Gasteiger partial charge in [-0.1, -0.05) is 54.9 Å². The molecule has 0 aromatic heterocycles. The van der Waals surface area contributed by atoms with Gasteiger partial charge in [0.15, 0.2) is 0 Å². The summed E-state index contributed by atoms with van der Waals surface area (Å²) in [4.78, 5) is 0. The Morgan fingerprint density at radius 3 is 2.20 bits per heavy atom. The van der Waals surface area contributed by atoms with Gasteiger partial charge in [-0.2, -0.15) is 0 Å². The predicted octanol–water partition coefficient (Wildman–Crippen LogP) is 5.15. The molecular formula is C14H19Br. The standard InChI is InChI=1S/C14H19Br/c1-5-6-13(14(2,3)4)11-7-9-12(15)10-8-11/h5,7-10,13H,1,6H2,2-4H3. The zero-order valence-corrected chi connectivity index (χ0v) is 11.3. The zero-order chi connectivity index (χ0) is 11.5. The van der Waals surface area contributed by atoms with Crippen LogP contribution >= 0.6 is 15.9 Å². The molecule has 0 nitrogen and oxygen atoms in total. The van der Waals surface area contributed by atoms with E-state index in [9.17, 15) is 0 Å². The van der Waals surface area contributed by atoms with Gasteiger partial charge in [-0.3, -0.25) is 0 Å². The molecule has 0 spiro atoms. The SMILES string of the molecule is C=CCC(c1ccc(Br)cc1)C(C)(C)C. The largest absolute Gasteiger partial charge is 0.103 e. The van der Waals surface area contributed by atoms with Crippen molar-refractivity contribution < 1.29 is 0 Å². The van der Waals surface area contributed by atoms with Crippen LogP contribution in [0.15, 0.2) is 41.4 Å². The molecule has 0 aliphatic rings. The Kier molecular flexibility index (Phi) is 4.15. The highest BCUT2D eigenvalue weighted by Gasteiger charge is 2.24. The number of benzene rings is 1. The molecule has 0 saturated carbocycles. The Labute approximate surface area is 102 Å². The minimum absolute atomic E-state index is 0.280. The molecule has 0 aliphatic carbocycles. The highest BCUT2D eigenvalue weighted by molar-refractivity contribution is 9.10. The fraction of sp³-hybridized carbons (Fsp3) is 0.429. The number of allylic oxidation sites excluding steroid dienone is 1. The normalized spacial score (nSPS) is 13.6. The molecular weight excluding hydrogens is 248 g/mol. The van der Waals surface area contributed by atoms with Gasteiger partial charge in [0.2, 0.25) is 0 Å². The van der Waals surface area contributed by atoms with Crippen molar-refractivity contribution in [1.29, 1.82) is 0 Å². The molecule has 1 rings (SSSR count). The minimum atomic E-state index is 0.280. The van der Waals surface area contributed by atoms with Crippen LogP contribution < -0.4 is 0 Å². The molecule has 1 aromatic rings. The lowest BCUT2D eigenvalue weighted by atomic mass is 9.75. The number of hydrogen-bond donors (Lipinski definition) is 0. The molecule has 0 fully saturated rings. The third-order valence-electron chi connectivity index (χ3n) is 2.72. The number of halogens is 1. The van der Waals surface area contributed by atoms with Crippen molar-refractivity contribution in [1.82, 2.24) is 0 Å². The predicted molar refractivity (Wildman–Crippen MR) is 71.2 cm³/mol. The summed E-state index contributed by atoms with van der Waals surface area (Å²) in [6, 6.07) is 8.61. The van der Waals surface area contributed by atoms with E-state index < -0.39 is 0 Å². The molecule has 82 valence electrons. The highest BCUT2D eigenvalue weighted by Crippen LogP contribution is 2.38. The summed E-state index contributed by atoms with van der Waals surface area (Å²) in [6.45, 7) is 10.7. The summed E-state index contributed by atoms with van der Waals surface area (Å²) in [6.07, 6.45) is 3.04. The van der Waals surface area contributed by atoms with Gasteiger partial charge in [-0.25, -0.2) is 0 Å². The van der Waals surface area contributed by atoms with E-state index in [-0.39, 0.29) is 5.41 Å². The third-order valence-corrected chi connectivity index (χ3v) is 3.25. The van der Waals surface area contributed by atoms with E-state index >= 15 is 0 Å². The topological polar surface area (TPSA) is 0 Å². The van der Waals surface area contributed by atoms with Crippen molar-refractivity contribution in [3.63, 3.8) is 0 Å². The summed E-state index contributed by atoms with van der Waals surface area (Å²) in [7, 11) is 0. The lowest BCUT2D eigenvalue weighted by molar-refractivity contribution is 0.321. The zero-order valence-electron chi connectivity index (χ0n) is 9.76. The maximum absolute atomic E-state index is 3.85. The average molecular weight is 267 g/mol. The summed E-state index contributed by atoms with van der Waals surface area (Å²) >= 11 is 3.46. The van der Waals surface area contributed by atoms with Crippen molar-refractivity contribution in [2.45, 2.75) is 33.1 Å². The van der Waals surface area contributed by atoms with Crippen LogP contribution in [-0.2, 0) is 0 Å². The van der Waals surface area contributed by atoms with Crippen LogP contribution in [0.3, 0.4) is 0 Å². The summed E-state index contributed by atoms with van der Waals surface area (Å²) in [5.74, 6) is 0.545. The van der Waals surface area contributed by atoms with Gasteiger partial charge >= 0.3 is 0 Å². The summed E-state index contributed by atoms with van der Waals surface area (Å²) < 4.78 is 1.14. The Hall–Kier alpha value is -0.560. The quantitative estimate of drug-likeness (QED) is 0.664. The van der Waals surface area contributed by atoms with Crippen molar-refractivity contribution in [3.8, 4) is 0 Å². The maximum atomic E-state index is 3.85. The van der Waals surface area contributed by atoms with E-state index in [0.29, 0.717) is 5.92 Å². The van der Waals surface area contributed by atoms with Gasteiger partial charge in [0.05, 0.1) is 0 Å². The van der Waals surface area contributed by atoms with Crippen LogP contribution in [0, 0.1) is 5.41 Å². The Morgan fingerprint density at radius 1 is 1.27 bits per heavy atom. The van der Waals surface area contributed by atoms with E-state index in [0.717, 1.165) is 10.9 Å². The van der Waals surface area contributed by atoms with Gasteiger partial charge in [-0.15, -0.1) is 6.58 Å². The second kappa shape index (κ2) is 4.98. The molecule has 1 aromatic carbocycles. The van der Waals surface area contributed by atoms with E-state index in [1.54, 1.807) is 0 Å². The molecule has 0 saturated heterocycles. The van der Waals surface area contributed by atoms with Crippen molar-refractivity contribution in [3.05, 3.63) is 47.0 Å². The van der Waals surface area contributed by atoms with E-state index in [4.69, 9.17) is 0 Å². The number of hydrogen-bond acceptors (Lipinski definition) is 0. The van der Waals surface area contributed by atoms with E-state index in [2.05, 4.69) is 67.5 Å². The van der Waals surface area contributed by atoms with Crippen LogP contribution in [0.1, 0.15) is 38.7 Å². The summed E-state index contributed by atoms with van der Waals surface area (Å²) in [5.41, 5.74) is 1.67. The monoisotopic (exact) mass is 266 g/mol. The van der Waals surface area contributed by atoms with Crippen molar-refractivity contribution in [2.75, 3.05) is 0 Å². The van der Waals surface area contributed by atoms with Crippen molar-refractivity contribution in [2.24, 2.45) is 5.41 Å². The Bertz CT molecular complexity index is 316. The molecule has 0 bridgehead atoms. The first-order valence-corrected chi connectivity index (χ1v) is 6.11. The smallest absolute Gasteiger partial charge is 0.0175 e. The van der Waals surface area contributed by atoms with Crippen LogP contribution in [-0.4, -0.2) is 0 Å². The van der Waals surface area contributed by atoms with E-state index in [1.165, 1.54) is 5.56 Å². The van der Waals surface area contributed by atoms with Gasteiger partial charge in [0, 0.05) is 4.47 Å². The Balaban J connectivity index is 2.99.